The number of hydrogen-bond donors (Lipinski definition) is 3. The average molecular weight is 481 g/mol. The van der Waals surface area contributed by atoms with E-state index in [1.807, 2.05) is 20.8 Å². The molecule has 1 aliphatic heterocycles. The van der Waals surface area contributed by atoms with Gasteiger partial charge in [0.25, 0.3) is 0 Å². The summed E-state index contributed by atoms with van der Waals surface area (Å²) < 4.78 is 18.1. The first-order valence-electron chi connectivity index (χ1n) is 11.6. The van der Waals surface area contributed by atoms with Gasteiger partial charge in [-0.1, -0.05) is 33.1 Å². The first kappa shape index (κ1) is 31.4. The molecule has 0 saturated carbocycles. The number of anilines is 1. The molecule has 2 rings (SSSR count). The fourth-order valence-corrected chi connectivity index (χ4v) is 2.96. The maximum Gasteiger partial charge on any atom is 0.310 e. The molecule has 8 nitrogen and oxygen atoms in total. The molecule has 1 fully saturated rings. The Morgan fingerprint density at radius 3 is 2.41 bits per heavy atom. The van der Waals surface area contributed by atoms with Crippen molar-refractivity contribution in [2.45, 2.75) is 92.3 Å². The van der Waals surface area contributed by atoms with Crippen LogP contribution in [0.15, 0.2) is 4.99 Å². The minimum absolute atomic E-state index is 0.0617. The molecule has 9 heteroatoms. The summed E-state index contributed by atoms with van der Waals surface area (Å²) in [7, 11) is 0. The number of aliphatic hydroxyl groups is 1. The first-order valence-corrected chi connectivity index (χ1v) is 11.6. The number of carboxylic acid groups (broad SMARTS) is 1. The Balaban J connectivity index is 0.000000504. The lowest BCUT2D eigenvalue weighted by atomic mass is 9.88. The lowest BCUT2D eigenvalue weighted by Crippen LogP contribution is -2.31. The molecule has 1 aromatic heterocycles. The molecule has 3 atom stereocenters. The number of ether oxygens (including phenoxy) is 1. The van der Waals surface area contributed by atoms with Gasteiger partial charge in [-0.25, -0.2) is 4.98 Å². The zero-order valence-corrected chi connectivity index (χ0v) is 21.6. The fraction of sp³-hybridized carbons (Fsp3) is 0.680. The highest BCUT2D eigenvalue weighted by Gasteiger charge is 2.35. The second-order valence-electron chi connectivity index (χ2n) is 9.18. The normalized spacial score (nSPS) is 20.5. The molecule has 1 saturated heterocycles. The molecule has 0 spiro atoms. The van der Waals surface area contributed by atoms with E-state index >= 15 is 0 Å². The molecular formula is C25H41FN4O4. The summed E-state index contributed by atoms with van der Waals surface area (Å²) in [6.45, 7) is 13.2. The Hall–Kier alpha value is -2.57. The van der Waals surface area contributed by atoms with Gasteiger partial charge in [0, 0.05) is 6.21 Å². The summed E-state index contributed by atoms with van der Waals surface area (Å²) in [4.78, 5) is 21.6. The Morgan fingerprint density at radius 1 is 1.47 bits per heavy atom. The number of carboxylic acids is 1. The third-order valence-corrected chi connectivity index (χ3v) is 5.51. The van der Waals surface area contributed by atoms with Crippen LogP contribution in [-0.4, -0.2) is 50.7 Å². The lowest BCUT2D eigenvalue weighted by Gasteiger charge is -2.19. The fourth-order valence-electron chi connectivity index (χ4n) is 2.96. The van der Waals surface area contributed by atoms with Crippen molar-refractivity contribution in [1.82, 2.24) is 9.97 Å². The van der Waals surface area contributed by atoms with Gasteiger partial charge in [0.15, 0.2) is 11.4 Å². The van der Waals surface area contributed by atoms with Gasteiger partial charge in [-0.15, -0.1) is 6.42 Å². The number of nitrogens with two attached hydrogens (primary N) is 1. The van der Waals surface area contributed by atoms with Gasteiger partial charge >= 0.3 is 12.0 Å². The minimum Gasteiger partial charge on any atom is -0.481 e. The quantitative estimate of drug-likeness (QED) is 0.293. The standard InChI is InChI=1S/C10H15FN4.C8H12O2.C7H14O2/c1-4-6(2)5-13-8-7(3)14-10(11)15-9(8)12;1-3-8(6-9)5-4-7(2)10-8;1-4-5-7(2,3)6(8)9/h5-6H,4H2,1-3H3,(H2,12,14,15);1,7,9H,4-6H2,2H3;4-5H2,1-3H3,(H,8,9). The Bertz CT molecular complexity index is 831. The summed E-state index contributed by atoms with van der Waals surface area (Å²) in [6.07, 6.45) is 10.8. The van der Waals surface area contributed by atoms with Gasteiger partial charge in [-0.3, -0.25) is 9.79 Å². The number of terminal acetylenes is 1. The minimum atomic E-state index is -0.813. The van der Waals surface area contributed by atoms with Gasteiger partial charge in [-0.2, -0.15) is 9.37 Å². The van der Waals surface area contributed by atoms with E-state index in [0.29, 0.717) is 17.3 Å². The molecular weight excluding hydrogens is 439 g/mol. The molecule has 0 amide bonds. The zero-order valence-electron chi connectivity index (χ0n) is 21.6. The van der Waals surface area contributed by atoms with Gasteiger partial charge in [0.1, 0.15) is 5.69 Å². The summed E-state index contributed by atoms with van der Waals surface area (Å²) in [5, 5.41) is 17.4. The molecule has 1 aliphatic rings. The summed E-state index contributed by atoms with van der Waals surface area (Å²) in [5.41, 5.74) is 5.26. The van der Waals surface area contributed by atoms with Crippen molar-refractivity contribution < 1.29 is 24.1 Å². The van der Waals surface area contributed by atoms with Crippen LogP contribution in [0.4, 0.5) is 15.9 Å². The largest absolute Gasteiger partial charge is 0.481 e. The molecule has 2 heterocycles. The van der Waals surface area contributed by atoms with Crippen LogP contribution in [0, 0.1) is 36.7 Å². The topological polar surface area (TPSA) is 131 Å². The second kappa shape index (κ2) is 14.6. The van der Waals surface area contributed by atoms with Gasteiger partial charge in [0.05, 0.1) is 23.8 Å². The van der Waals surface area contributed by atoms with Crippen molar-refractivity contribution in [2.24, 2.45) is 16.3 Å². The highest BCUT2D eigenvalue weighted by Crippen LogP contribution is 2.28. The average Bonchev–Trinajstić information content (AvgIpc) is 3.15. The summed E-state index contributed by atoms with van der Waals surface area (Å²) >= 11 is 0. The number of aromatic nitrogens is 2. The predicted molar refractivity (Wildman–Crippen MR) is 134 cm³/mol. The van der Waals surface area contributed by atoms with Crippen molar-refractivity contribution in [3.63, 3.8) is 0 Å². The van der Waals surface area contributed by atoms with E-state index in [9.17, 15) is 9.18 Å². The Labute approximate surface area is 203 Å². The number of aliphatic carboxylic acids is 1. The SMILES string of the molecule is C#CC1(CO)CCC(C)O1.CCC(C)C=Nc1c(C)nc(F)nc1N.CCCC(C)(C)C(=O)O. The zero-order chi connectivity index (χ0) is 26.5. The van der Waals surface area contributed by atoms with Crippen molar-refractivity contribution in [1.29, 1.82) is 0 Å². The molecule has 192 valence electrons. The van der Waals surface area contributed by atoms with E-state index in [0.717, 1.165) is 32.1 Å². The molecule has 0 aliphatic carbocycles. The van der Waals surface area contributed by atoms with Gasteiger partial charge in [-0.05, 0) is 59.3 Å². The maximum atomic E-state index is 12.7. The molecule has 34 heavy (non-hydrogen) atoms. The number of aryl methyl sites for hydroxylation is 1. The highest BCUT2D eigenvalue weighted by molar-refractivity contribution is 5.73. The van der Waals surface area contributed by atoms with E-state index in [1.54, 1.807) is 27.0 Å². The summed E-state index contributed by atoms with van der Waals surface area (Å²) in [5.74, 6) is 2.22. The van der Waals surface area contributed by atoms with E-state index in [-0.39, 0.29) is 18.5 Å². The van der Waals surface area contributed by atoms with Crippen LogP contribution in [0.2, 0.25) is 0 Å². The molecule has 0 bridgehead atoms. The van der Waals surface area contributed by atoms with Crippen LogP contribution in [0.5, 0.6) is 0 Å². The molecule has 1 aromatic rings. The van der Waals surface area contributed by atoms with E-state index in [1.165, 1.54) is 0 Å². The Morgan fingerprint density at radius 2 is 2.09 bits per heavy atom. The van der Waals surface area contributed by atoms with Crippen LogP contribution >= 0.6 is 0 Å². The van der Waals surface area contributed by atoms with Crippen molar-refractivity contribution in [3.8, 4) is 12.3 Å². The van der Waals surface area contributed by atoms with E-state index in [2.05, 4.69) is 27.8 Å². The molecule has 4 N–H and O–H groups in total. The monoisotopic (exact) mass is 480 g/mol. The van der Waals surface area contributed by atoms with Gasteiger partial charge in [0.2, 0.25) is 0 Å². The highest BCUT2D eigenvalue weighted by atomic mass is 19.1. The number of hydrogen-bond acceptors (Lipinski definition) is 7. The predicted octanol–water partition coefficient (Wildman–Crippen LogP) is 4.70. The molecule has 0 radical (unpaired) electrons. The Kier molecular flexibility index (Phi) is 13.5. The van der Waals surface area contributed by atoms with Crippen molar-refractivity contribution >= 4 is 23.7 Å². The first-order chi connectivity index (χ1) is 15.8. The van der Waals surface area contributed by atoms with E-state index in [4.69, 9.17) is 27.1 Å². The summed E-state index contributed by atoms with van der Waals surface area (Å²) in [6, 6.07) is 0. The number of carbonyl (C=O) groups is 1. The third kappa shape index (κ3) is 10.6. The van der Waals surface area contributed by atoms with Crippen LogP contribution in [-0.2, 0) is 9.53 Å². The van der Waals surface area contributed by atoms with Crippen molar-refractivity contribution in [3.05, 3.63) is 11.8 Å². The van der Waals surface area contributed by atoms with Crippen LogP contribution in [0.25, 0.3) is 0 Å². The van der Waals surface area contributed by atoms with E-state index < -0.39 is 23.1 Å². The second-order valence-corrected chi connectivity index (χ2v) is 9.18. The number of nitrogens with zero attached hydrogens (tertiary/aromatic N) is 3. The number of halogens is 1. The van der Waals surface area contributed by atoms with Crippen LogP contribution in [0.1, 0.15) is 79.3 Å². The van der Waals surface area contributed by atoms with Crippen LogP contribution < -0.4 is 5.73 Å². The number of aliphatic imine (C=N–C) groups is 1. The lowest BCUT2D eigenvalue weighted by molar-refractivity contribution is -0.147. The van der Waals surface area contributed by atoms with Gasteiger partial charge < -0.3 is 20.7 Å². The number of aliphatic hydroxyl groups excluding tert-OH is 1. The third-order valence-electron chi connectivity index (χ3n) is 5.51. The molecule has 0 aromatic carbocycles. The number of nitrogen functional groups attached to an aromatic ring is 1. The number of rotatable bonds is 7. The van der Waals surface area contributed by atoms with Crippen LogP contribution in [0.3, 0.4) is 0 Å². The maximum absolute atomic E-state index is 12.7. The van der Waals surface area contributed by atoms with Crippen molar-refractivity contribution in [2.75, 3.05) is 12.3 Å². The molecule has 3 unspecified atom stereocenters. The smallest absolute Gasteiger partial charge is 0.310 e.